The second-order valence-corrected chi connectivity index (χ2v) is 5.36. The van der Waals surface area contributed by atoms with Gasteiger partial charge in [0, 0.05) is 12.2 Å². The fraction of sp³-hybridized carbons (Fsp3) is 0.600. The van der Waals surface area contributed by atoms with Crippen LogP contribution in [0.2, 0.25) is 0 Å². The SMILES string of the molecule is CCN(Cc1cccc(C)n1)C(=O)[C@H](N)CC(C)C. The molecule has 1 atom stereocenters. The van der Waals surface area contributed by atoms with Gasteiger partial charge in [-0.05, 0) is 38.3 Å². The molecule has 0 radical (unpaired) electrons. The number of aromatic nitrogens is 1. The predicted octanol–water partition coefficient (Wildman–Crippen LogP) is 2.11. The molecule has 1 heterocycles. The summed E-state index contributed by atoms with van der Waals surface area (Å²) in [6.45, 7) is 9.25. The third-order valence-electron chi connectivity index (χ3n) is 3.03. The minimum absolute atomic E-state index is 0.0134. The van der Waals surface area contributed by atoms with E-state index in [0.29, 0.717) is 19.0 Å². The van der Waals surface area contributed by atoms with E-state index in [-0.39, 0.29) is 5.91 Å². The van der Waals surface area contributed by atoms with E-state index in [1.54, 1.807) is 4.90 Å². The highest BCUT2D eigenvalue weighted by Crippen LogP contribution is 2.09. The Morgan fingerprint density at radius 2 is 2.11 bits per heavy atom. The molecule has 1 aromatic heterocycles. The molecule has 0 aliphatic heterocycles. The predicted molar refractivity (Wildman–Crippen MR) is 77.5 cm³/mol. The van der Waals surface area contributed by atoms with Crippen LogP contribution >= 0.6 is 0 Å². The summed E-state index contributed by atoms with van der Waals surface area (Å²) >= 11 is 0. The highest BCUT2D eigenvalue weighted by molar-refractivity contribution is 5.81. The lowest BCUT2D eigenvalue weighted by Crippen LogP contribution is -2.44. The van der Waals surface area contributed by atoms with Crippen molar-refractivity contribution in [3.63, 3.8) is 0 Å². The van der Waals surface area contributed by atoms with E-state index < -0.39 is 6.04 Å². The van der Waals surface area contributed by atoms with Gasteiger partial charge in [-0.2, -0.15) is 0 Å². The van der Waals surface area contributed by atoms with Gasteiger partial charge in [0.15, 0.2) is 0 Å². The molecule has 4 heteroatoms. The van der Waals surface area contributed by atoms with Crippen LogP contribution in [-0.4, -0.2) is 28.4 Å². The molecular weight excluding hydrogens is 238 g/mol. The van der Waals surface area contributed by atoms with Crippen molar-refractivity contribution in [3.8, 4) is 0 Å². The zero-order chi connectivity index (χ0) is 14.4. The summed E-state index contributed by atoms with van der Waals surface area (Å²) in [5, 5.41) is 0. The Bertz CT molecular complexity index is 418. The number of nitrogens with two attached hydrogens (primary N) is 1. The van der Waals surface area contributed by atoms with Gasteiger partial charge in [-0.1, -0.05) is 19.9 Å². The van der Waals surface area contributed by atoms with Crippen LogP contribution in [0.1, 0.15) is 38.6 Å². The normalized spacial score (nSPS) is 12.5. The second kappa shape index (κ2) is 7.24. The Balaban J connectivity index is 2.70. The zero-order valence-corrected chi connectivity index (χ0v) is 12.4. The van der Waals surface area contributed by atoms with E-state index in [1.807, 2.05) is 32.0 Å². The van der Waals surface area contributed by atoms with Gasteiger partial charge in [-0.25, -0.2) is 0 Å². The first kappa shape index (κ1) is 15.6. The number of nitrogens with zero attached hydrogens (tertiary/aromatic N) is 2. The number of pyridine rings is 1. The molecule has 106 valence electrons. The Hall–Kier alpha value is -1.42. The molecule has 0 spiro atoms. The van der Waals surface area contributed by atoms with E-state index in [2.05, 4.69) is 18.8 Å². The van der Waals surface area contributed by atoms with Crippen molar-refractivity contribution in [2.24, 2.45) is 11.7 Å². The Kier molecular flexibility index (Phi) is 5.96. The number of aryl methyl sites for hydroxylation is 1. The van der Waals surface area contributed by atoms with Crippen molar-refractivity contribution >= 4 is 5.91 Å². The summed E-state index contributed by atoms with van der Waals surface area (Å²) in [6, 6.07) is 5.44. The second-order valence-electron chi connectivity index (χ2n) is 5.36. The van der Waals surface area contributed by atoms with Crippen LogP contribution < -0.4 is 5.73 Å². The molecule has 1 aromatic rings. The number of hydrogen-bond donors (Lipinski definition) is 1. The number of likely N-dealkylation sites (N-methyl/N-ethyl adjacent to an activating group) is 1. The number of hydrogen-bond acceptors (Lipinski definition) is 3. The molecule has 2 N–H and O–H groups in total. The summed E-state index contributed by atoms with van der Waals surface area (Å²) < 4.78 is 0. The first-order chi connectivity index (χ1) is 8.93. The third-order valence-corrected chi connectivity index (χ3v) is 3.03. The molecular formula is C15H25N3O. The van der Waals surface area contributed by atoms with Gasteiger partial charge in [0.25, 0.3) is 0 Å². The van der Waals surface area contributed by atoms with Gasteiger partial charge >= 0.3 is 0 Å². The summed E-state index contributed by atoms with van der Waals surface area (Å²) in [6.07, 6.45) is 0.719. The molecule has 0 fully saturated rings. The number of rotatable bonds is 6. The van der Waals surface area contributed by atoms with E-state index in [4.69, 9.17) is 5.73 Å². The van der Waals surface area contributed by atoms with E-state index in [0.717, 1.165) is 17.8 Å². The smallest absolute Gasteiger partial charge is 0.239 e. The molecule has 0 saturated carbocycles. The number of carbonyl (C=O) groups excluding carboxylic acids is 1. The van der Waals surface area contributed by atoms with Crippen LogP contribution in [0.3, 0.4) is 0 Å². The molecule has 0 aliphatic carbocycles. The quantitative estimate of drug-likeness (QED) is 0.855. The van der Waals surface area contributed by atoms with E-state index in [9.17, 15) is 4.79 Å². The van der Waals surface area contributed by atoms with Gasteiger partial charge in [-0.3, -0.25) is 9.78 Å². The minimum atomic E-state index is -0.412. The van der Waals surface area contributed by atoms with Gasteiger partial charge in [0.2, 0.25) is 5.91 Å². The summed E-state index contributed by atoms with van der Waals surface area (Å²) in [5.41, 5.74) is 7.84. The van der Waals surface area contributed by atoms with Crippen molar-refractivity contribution < 1.29 is 4.79 Å². The fourth-order valence-electron chi connectivity index (χ4n) is 2.07. The topological polar surface area (TPSA) is 59.2 Å². The number of amides is 1. The van der Waals surface area contributed by atoms with E-state index in [1.165, 1.54) is 0 Å². The Morgan fingerprint density at radius 3 is 2.63 bits per heavy atom. The maximum Gasteiger partial charge on any atom is 0.239 e. The Morgan fingerprint density at radius 1 is 1.42 bits per heavy atom. The summed E-state index contributed by atoms with van der Waals surface area (Å²) in [7, 11) is 0. The molecule has 0 bridgehead atoms. The first-order valence-electron chi connectivity index (χ1n) is 6.91. The van der Waals surface area contributed by atoms with Gasteiger partial charge in [0.05, 0.1) is 18.3 Å². The lowest BCUT2D eigenvalue weighted by Gasteiger charge is -2.25. The van der Waals surface area contributed by atoms with Gasteiger partial charge < -0.3 is 10.6 Å². The summed E-state index contributed by atoms with van der Waals surface area (Å²) in [5.74, 6) is 0.439. The van der Waals surface area contributed by atoms with Crippen LogP contribution in [0.4, 0.5) is 0 Å². The first-order valence-corrected chi connectivity index (χ1v) is 6.91. The van der Waals surface area contributed by atoms with Crippen LogP contribution in [0.15, 0.2) is 18.2 Å². The van der Waals surface area contributed by atoms with Crippen molar-refractivity contribution in [2.45, 2.75) is 46.7 Å². The fourth-order valence-corrected chi connectivity index (χ4v) is 2.07. The third kappa shape index (κ3) is 4.99. The van der Waals surface area contributed by atoms with Gasteiger partial charge in [0.1, 0.15) is 0 Å². The van der Waals surface area contributed by atoms with Gasteiger partial charge in [-0.15, -0.1) is 0 Å². The molecule has 0 unspecified atom stereocenters. The zero-order valence-electron chi connectivity index (χ0n) is 12.4. The van der Waals surface area contributed by atoms with Crippen molar-refractivity contribution in [3.05, 3.63) is 29.6 Å². The highest BCUT2D eigenvalue weighted by Gasteiger charge is 2.21. The van der Waals surface area contributed by atoms with Crippen molar-refractivity contribution in [1.82, 2.24) is 9.88 Å². The highest BCUT2D eigenvalue weighted by atomic mass is 16.2. The van der Waals surface area contributed by atoms with E-state index >= 15 is 0 Å². The summed E-state index contributed by atoms with van der Waals surface area (Å²) in [4.78, 5) is 18.5. The lowest BCUT2D eigenvalue weighted by molar-refractivity contribution is -0.133. The molecule has 0 aliphatic rings. The largest absolute Gasteiger partial charge is 0.336 e. The van der Waals surface area contributed by atoms with Crippen LogP contribution in [0, 0.1) is 12.8 Å². The van der Waals surface area contributed by atoms with Crippen LogP contribution in [0.5, 0.6) is 0 Å². The monoisotopic (exact) mass is 263 g/mol. The average Bonchev–Trinajstić information content (AvgIpc) is 2.34. The minimum Gasteiger partial charge on any atom is -0.336 e. The van der Waals surface area contributed by atoms with Crippen molar-refractivity contribution in [1.29, 1.82) is 0 Å². The number of carbonyl (C=O) groups is 1. The lowest BCUT2D eigenvalue weighted by atomic mass is 10.0. The molecule has 1 rings (SSSR count). The van der Waals surface area contributed by atoms with Crippen LogP contribution in [0.25, 0.3) is 0 Å². The Labute approximate surface area is 116 Å². The molecule has 0 saturated heterocycles. The molecule has 4 nitrogen and oxygen atoms in total. The molecule has 0 aromatic carbocycles. The average molecular weight is 263 g/mol. The maximum absolute atomic E-state index is 12.3. The van der Waals surface area contributed by atoms with Crippen LogP contribution in [-0.2, 0) is 11.3 Å². The standard InChI is InChI=1S/C15H25N3O/c1-5-18(15(19)14(16)9-11(2)3)10-13-8-6-7-12(4)17-13/h6-8,11,14H,5,9-10,16H2,1-4H3/t14-/m1/s1. The maximum atomic E-state index is 12.3. The van der Waals surface area contributed by atoms with Crippen molar-refractivity contribution in [2.75, 3.05) is 6.54 Å². The molecule has 19 heavy (non-hydrogen) atoms. The molecule has 1 amide bonds.